The summed E-state index contributed by atoms with van der Waals surface area (Å²) in [6, 6.07) is 3.13. The Labute approximate surface area is 79.5 Å². The minimum atomic E-state index is -1.13. The summed E-state index contributed by atoms with van der Waals surface area (Å²) >= 11 is 0. The minimum Gasteiger partial charge on any atom is -0.480 e. The Hall–Kier alpha value is -2.11. The highest BCUT2D eigenvalue weighted by Gasteiger charge is 2.05. The van der Waals surface area contributed by atoms with Crippen LogP contribution in [0, 0.1) is 0 Å². The third-order valence-electron chi connectivity index (χ3n) is 1.23. The van der Waals surface area contributed by atoms with Gasteiger partial charge in [0.05, 0.1) is 6.20 Å². The number of carboxylic acids is 1. The van der Waals surface area contributed by atoms with Crippen molar-refractivity contribution in [2.45, 2.75) is 0 Å². The van der Waals surface area contributed by atoms with E-state index in [0.29, 0.717) is 0 Å². The van der Waals surface area contributed by atoms with Gasteiger partial charge in [0.25, 0.3) is 0 Å². The molecule has 1 heterocycles. The second kappa shape index (κ2) is 4.80. The van der Waals surface area contributed by atoms with Gasteiger partial charge in [-0.1, -0.05) is 0 Å². The molecule has 0 saturated carbocycles. The second-order valence-electron chi connectivity index (χ2n) is 2.33. The molecule has 1 amide bonds. The van der Waals surface area contributed by atoms with Crippen LogP contribution in [0.1, 0.15) is 0 Å². The van der Waals surface area contributed by atoms with E-state index >= 15 is 0 Å². The molecule has 74 valence electrons. The standard InChI is InChI=1S/C8H8N2O4/c11-7(12)5-10-8(13)14-6-2-1-3-9-4-6/h1-4H,5H2,(H,10,13)(H,11,12). The zero-order valence-corrected chi connectivity index (χ0v) is 7.14. The molecule has 0 radical (unpaired) electrons. The normalized spacial score (nSPS) is 9.14. The van der Waals surface area contributed by atoms with Crippen molar-refractivity contribution in [2.75, 3.05) is 6.54 Å². The maximum absolute atomic E-state index is 10.9. The zero-order chi connectivity index (χ0) is 10.4. The Morgan fingerprint density at radius 3 is 2.93 bits per heavy atom. The first-order valence-corrected chi connectivity index (χ1v) is 3.76. The van der Waals surface area contributed by atoms with Gasteiger partial charge in [0, 0.05) is 6.20 Å². The first-order valence-electron chi connectivity index (χ1n) is 3.76. The largest absolute Gasteiger partial charge is 0.480 e. The topological polar surface area (TPSA) is 88.5 Å². The number of pyridine rings is 1. The van der Waals surface area contributed by atoms with Gasteiger partial charge >= 0.3 is 12.1 Å². The molecule has 14 heavy (non-hydrogen) atoms. The number of carboxylic acid groups (broad SMARTS) is 1. The zero-order valence-electron chi connectivity index (χ0n) is 7.14. The van der Waals surface area contributed by atoms with E-state index < -0.39 is 18.6 Å². The van der Waals surface area contributed by atoms with Crippen molar-refractivity contribution < 1.29 is 19.4 Å². The van der Waals surface area contributed by atoms with Crippen LogP contribution in [-0.4, -0.2) is 28.7 Å². The fraction of sp³-hybridized carbons (Fsp3) is 0.125. The third-order valence-corrected chi connectivity index (χ3v) is 1.23. The van der Waals surface area contributed by atoms with E-state index in [-0.39, 0.29) is 5.75 Å². The molecule has 0 saturated heterocycles. The number of carbonyl (C=O) groups excluding carboxylic acids is 1. The van der Waals surface area contributed by atoms with Crippen molar-refractivity contribution in [3.05, 3.63) is 24.5 Å². The van der Waals surface area contributed by atoms with Crippen molar-refractivity contribution in [3.63, 3.8) is 0 Å². The summed E-state index contributed by atoms with van der Waals surface area (Å²) < 4.78 is 4.69. The highest BCUT2D eigenvalue weighted by molar-refractivity contribution is 5.77. The molecule has 0 fully saturated rings. The van der Waals surface area contributed by atoms with Gasteiger partial charge in [0.1, 0.15) is 6.54 Å². The van der Waals surface area contributed by atoms with Crippen molar-refractivity contribution in [1.82, 2.24) is 10.3 Å². The van der Waals surface area contributed by atoms with Gasteiger partial charge in [0.2, 0.25) is 0 Å². The molecule has 6 heteroatoms. The molecular weight excluding hydrogens is 188 g/mol. The molecule has 1 rings (SSSR count). The maximum atomic E-state index is 10.9. The number of carbonyl (C=O) groups is 2. The van der Waals surface area contributed by atoms with Crippen LogP contribution >= 0.6 is 0 Å². The lowest BCUT2D eigenvalue weighted by atomic mass is 10.5. The average molecular weight is 196 g/mol. The van der Waals surface area contributed by atoms with E-state index in [1.807, 2.05) is 5.32 Å². The number of amides is 1. The van der Waals surface area contributed by atoms with Crippen LogP contribution in [0.3, 0.4) is 0 Å². The number of ether oxygens (including phenoxy) is 1. The molecule has 0 aliphatic rings. The molecule has 0 unspecified atom stereocenters. The first kappa shape index (κ1) is 9.97. The number of nitrogens with one attached hydrogen (secondary N) is 1. The summed E-state index contributed by atoms with van der Waals surface area (Å²) in [5, 5.41) is 10.3. The Balaban J connectivity index is 2.38. The third kappa shape index (κ3) is 3.53. The summed E-state index contributed by atoms with van der Waals surface area (Å²) in [6.45, 7) is -0.473. The van der Waals surface area contributed by atoms with Gasteiger partial charge < -0.3 is 15.2 Å². The summed E-state index contributed by atoms with van der Waals surface area (Å²) in [5.74, 6) is -0.872. The number of aromatic nitrogens is 1. The predicted octanol–water partition coefficient (Wildman–Crippen LogP) is 0.255. The molecule has 0 aromatic carbocycles. The van der Waals surface area contributed by atoms with Gasteiger partial charge in [-0.2, -0.15) is 0 Å². The summed E-state index contributed by atoms with van der Waals surface area (Å²) in [5.41, 5.74) is 0. The van der Waals surface area contributed by atoms with E-state index in [2.05, 4.69) is 9.72 Å². The fourth-order valence-corrected chi connectivity index (χ4v) is 0.698. The highest BCUT2D eigenvalue weighted by atomic mass is 16.6. The maximum Gasteiger partial charge on any atom is 0.413 e. The molecular formula is C8H8N2O4. The Bertz CT molecular complexity index is 325. The number of rotatable bonds is 3. The smallest absolute Gasteiger partial charge is 0.413 e. The summed E-state index contributed by atoms with van der Waals surface area (Å²) in [4.78, 5) is 24.7. The Morgan fingerprint density at radius 1 is 1.57 bits per heavy atom. The van der Waals surface area contributed by atoms with Crippen LogP contribution in [0.25, 0.3) is 0 Å². The Morgan fingerprint density at radius 2 is 2.36 bits per heavy atom. The Kier molecular flexibility index (Phi) is 3.42. The monoisotopic (exact) mass is 196 g/mol. The van der Waals surface area contributed by atoms with Gasteiger partial charge in [-0.25, -0.2) is 4.79 Å². The van der Waals surface area contributed by atoms with Gasteiger partial charge in [0.15, 0.2) is 5.75 Å². The van der Waals surface area contributed by atoms with E-state index in [9.17, 15) is 9.59 Å². The van der Waals surface area contributed by atoms with Crippen LogP contribution < -0.4 is 10.1 Å². The quantitative estimate of drug-likeness (QED) is 0.723. The number of hydrogen-bond acceptors (Lipinski definition) is 4. The molecule has 0 spiro atoms. The van der Waals surface area contributed by atoms with Crippen molar-refractivity contribution in [1.29, 1.82) is 0 Å². The molecule has 0 aliphatic carbocycles. The van der Waals surface area contributed by atoms with Crippen LogP contribution in [0.15, 0.2) is 24.5 Å². The van der Waals surface area contributed by atoms with Gasteiger partial charge in [-0.05, 0) is 12.1 Å². The van der Waals surface area contributed by atoms with Crippen LogP contribution in [0.4, 0.5) is 4.79 Å². The van der Waals surface area contributed by atoms with Crippen molar-refractivity contribution in [3.8, 4) is 5.75 Å². The SMILES string of the molecule is O=C(O)CNC(=O)Oc1cccnc1. The fourth-order valence-electron chi connectivity index (χ4n) is 0.698. The molecule has 1 aromatic heterocycles. The van der Waals surface area contributed by atoms with E-state index in [0.717, 1.165) is 0 Å². The lowest BCUT2D eigenvalue weighted by Gasteiger charge is -2.03. The lowest BCUT2D eigenvalue weighted by molar-refractivity contribution is -0.135. The number of hydrogen-bond donors (Lipinski definition) is 2. The van der Waals surface area contributed by atoms with Crippen LogP contribution in [-0.2, 0) is 4.79 Å². The van der Waals surface area contributed by atoms with E-state index in [4.69, 9.17) is 5.11 Å². The molecule has 0 aliphatic heterocycles. The molecule has 2 N–H and O–H groups in total. The van der Waals surface area contributed by atoms with Gasteiger partial charge in [-0.3, -0.25) is 9.78 Å². The highest BCUT2D eigenvalue weighted by Crippen LogP contribution is 2.05. The average Bonchev–Trinajstić information content (AvgIpc) is 2.16. The van der Waals surface area contributed by atoms with Crippen LogP contribution in [0.2, 0.25) is 0 Å². The van der Waals surface area contributed by atoms with E-state index in [1.54, 1.807) is 6.07 Å². The van der Waals surface area contributed by atoms with Gasteiger partial charge in [-0.15, -0.1) is 0 Å². The first-order chi connectivity index (χ1) is 6.68. The molecule has 0 bridgehead atoms. The lowest BCUT2D eigenvalue weighted by Crippen LogP contribution is -2.31. The molecule has 6 nitrogen and oxygen atoms in total. The predicted molar refractivity (Wildman–Crippen MR) is 45.9 cm³/mol. The number of aliphatic carboxylic acids is 1. The summed E-state index contributed by atoms with van der Waals surface area (Å²) in [6.07, 6.45) is 2.06. The van der Waals surface area contributed by atoms with Crippen molar-refractivity contribution in [2.24, 2.45) is 0 Å². The molecule has 0 atom stereocenters. The summed E-state index contributed by atoms with van der Waals surface area (Å²) in [7, 11) is 0. The number of nitrogens with zero attached hydrogens (tertiary/aromatic N) is 1. The second-order valence-corrected chi connectivity index (χ2v) is 2.33. The van der Waals surface area contributed by atoms with Crippen LogP contribution in [0.5, 0.6) is 5.75 Å². The minimum absolute atomic E-state index is 0.260. The molecule has 1 aromatic rings. The van der Waals surface area contributed by atoms with E-state index in [1.165, 1.54) is 18.5 Å². The van der Waals surface area contributed by atoms with Crippen molar-refractivity contribution >= 4 is 12.1 Å².